The van der Waals surface area contributed by atoms with Crippen molar-refractivity contribution in [3.8, 4) is 5.75 Å². The van der Waals surface area contributed by atoms with E-state index in [1.54, 1.807) is 13.3 Å². The molecule has 1 aromatic heterocycles. The molecule has 0 radical (unpaired) electrons. The van der Waals surface area contributed by atoms with Crippen molar-refractivity contribution in [1.29, 1.82) is 0 Å². The Morgan fingerprint density at radius 1 is 1.24 bits per heavy atom. The predicted molar refractivity (Wildman–Crippen MR) is 123 cm³/mol. The van der Waals surface area contributed by atoms with Gasteiger partial charge in [-0.2, -0.15) is 0 Å². The molecule has 174 valence electrons. The Balaban J connectivity index is 1.59. The SMILES string of the molecule is COc1ccccc1[C@@H]1C2=C(CNC2=O)N[C@@H]2CCCC[C@H]2N1C(=O)CCc1nccn1C. The van der Waals surface area contributed by atoms with E-state index in [0.29, 0.717) is 30.7 Å². The maximum absolute atomic E-state index is 14.0. The number of benzene rings is 1. The molecule has 33 heavy (non-hydrogen) atoms. The third-order valence-corrected chi connectivity index (χ3v) is 7.20. The summed E-state index contributed by atoms with van der Waals surface area (Å²) in [5.41, 5.74) is 2.40. The molecule has 0 spiro atoms. The number of amides is 2. The summed E-state index contributed by atoms with van der Waals surface area (Å²) in [5.74, 6) is 1.49. The van der Waals surface area contributed by atoms with Crippen LogP contribution in [0, 0.1) is 0 Å². The van der Waals surface area contributed by atoms with Gasteiger partial charge in [0, 0.05) is 49.6 Å². The number of ether oxygens (including phenoxy) is 1. The number of hydrogen-bond acceptors (Lipinski definition) is 5. The van der Waals surface area contributed by atoms with Crippen molar-refractivity contribution >= 4 is 11.8 Å². The van der Waals surface area contributed by atoms with Crippen molar-refractivity contribution in [2.75, 3.05) is 13.7 Å². The van der Waals surface area contributed by atoms with E-state index in [0.717, 1.165) is 42.8 Å². The molecule has 5 rings (SSSR count). The molecular formula is C25H31N5O3. The first-order valence-electron chi connectivity index (χ1n) is 11.8. The highest BCUT2D eigenvalue weighted by atomic mass is 16.5. The number of nitrogens with zero attached hydrogens (tertiary/aromatic N) is 3. The molecule has 1 aromatic carbocycles. The average molecular weight is 450 g/mol. The molecule has 1 saturated carbocycles. The monoisotopic (exact) mass is 449 g/mol. The molecule has 8 heteroatoms. The van der Waals surface area contributed by atoms with Crippen LogP contribution < -0.4 is 15.4 Å². The third kappa shape index (κ3) is 3.87. The fourth-order valence-corrected chi connectivity index (χ4v) is 5.59. The van der Waals surface area contributed by atoms with Crippen molar-refractivity contribution in [3.63, 3.8) is 0 Å². The lowest BCUT2D eigenvalue weighted by molar-refractivity contribution is -0.137. The van der Waals surface area contributed by atoms with E-state index < -0.39 is 6.04 Å². The van der Waals surface area contributed by atoms with Crippen molar-refractivity contribution in [2.45, 2.75) is 56.7 Å². The fraction of sp³-hybridized carbons (Fsp3) is 0.480. The Kier molecular flexibility index (Phi) is 5.83. The van der Waals surface area contributed by atoms with E-state index in [9.17, 15) is 9.59 Å². The zero-order valence-electron chi connectivity index (χ0n) is 19.2. The van der Waals surface area contributed by atoms with E-state index in [1.807, 2.05) is 47.0 Å². The van der Waals surface area contributed by atoms with Crippen LogP contribution >= 0.6 is 0 Å². The third-order valence-electron chi connectivity index (χ3n) is 7.20. The number of para-hydroxylation sites is 1. The maximum Gasteiger partial charge on any atom is 0.251 e. The van der Waals surface area contributed by atoms with Gasteiger partial charge in [-0.05, 0) is 18.9 Å². The van der Waals surface area contributed by atoms with Gasteiger partial charge in [0.15, 0.2) is 0 Å². The molecule has 0 saturated heterocycles. The zero-order valence-corrected chi connectivity index (χ0v) is 19.2. The first-order valence-corrected chi connectivity index (χ1v) is 11.8. The Labute approximate surface area is 194 Å². The van der Waals surface area contributed by atoms with E-state index in [2.05, 4.69) is 15.6 Å². The normalized spacial score (nSPS) is 24.5. The summed E-state index contributed by atoms with van der Waals surface area (Å²) in [6, 6.07) is 7.38. The smallest absolute Gasteiger partial charge is 0.251 e. The summed E-state index contributed by atoms with van der Waals surface area (Å²) in [6.45, 7) is 0.471. The number of carbonyl (C=O) groups is 2. The molecule has 2 N–H and O–H groups in total. The quantitative estimate of drug-likeness (QED) is 0.731. The number of hydrogen-bond donors (Lipinski definition) is 2. The largest absolute Gasteiger partial charge is 0.496 e. The highest BCUT2D eigenvalue weighted by Crippen LogP contribution is 2.43. The molecule has 1 fully saturated rings. The molecule has 2 amide bonds. The molecule has 1 aliphatic carbocycles. The van der Waals surface area contributed by atoms with Gasteiger partial charge in [-0.3, -0.25) is 9.59 Å². The first-order chi connectivity index (χ1) is 16.1. The Morgan fingerprint density at radius 3 is 2.85 bits per heavy atom. The van der Waals surface area contributed by atoms with Gasteiger partial charge in [-0.15, -0.1) is 0 Å². The van der Waals surface area contributed by atoms with Gasteiger partial charge < -0.3 is 24.8 Å². The number of aryl methyl sites for hydroxylation is 2. The summed E-state index contributed by atoms with van der Waals surface area (Å²) in [5, 5.41) is 6.63. The summed E-state index contributed by atoms with van der Waals surface area (Å²) < 4.78 is 7.64. The Hall–Kier alpha value is -3.29. The van der Waals surface area contributed by atoms with Crippen LogP contribution in [-0.2, 0) is 23.1 Å². The van der Waals surface area contributed by atoms with Gasteiger partial charge in [0.25, 0.3) is 5.91 Å². The number of carbonyl (C=O) groups excluding carboxylic acids is 2. The number of fused-ring (bicyclic) bond motifs is 1. The van der Waals surface area contributed by atoms with Crippen LogP contribution in [0.5, 0.6) is 5.75 Å². The molecule has 2 aromatic rings. The number of aromatic nitrogens is 2. The Morgan fingerprint density at radius 2 is 2.06 bits per heavy atom. The topological polar surface area (TPSA) is 88.5 Å². The fourth-order valence-electron chi connectivity index (χ4n) is 5.59. The van der Waals surface area contributed by atoms with Gasteiger partial charge in [0.05, 0.1) is 31.3 Å². The minimum atomic E-state index is -0.492. The second-order valence-electron chi connectivity index (χ2n) is 9.08. The van der Waals surface area contributed by atoms with E-state index >= 15 is 0 Å². The van der Waals surface area contributed by atoms with Gasteiger partial charge in [0.2, 0.25) is 5.91 Å². The van der Waals surface area contributed by atoms with Crippen LogP contribution in [0.15, 0.2) is 47.9 Å². The summed E-state index contributed by atoms with van der Waals surface area (Å²) in [6.07, 6.45) is 8.63. The lowest BCUT2D eigenvalue weighted by Gasteiger charge is -2.43. The van der Waals surface area contributed by atoms with Crippen LogP contribution in [0.1, 0.15) is 49.5 Å². The second-order valence-corrected chi connectivity index (χ2v) is 9.08. The number of rotatable bonds is 5. The summed E-state index contributed by atoms with van der Waals surface area (Å²) >= 11 is 0. The number of methoxy groups -OCH3 is 1. The van der Waals surface area contributed by atoms with E-state index in [1.165, 1.54) is 0 Å². The van der Waals surface area contributed by atoms with Crippen molar-refractivity contribution in [1.82, 2.24) is 25.1 Å². The van der Waals surface area contributed by atoms with Crippen molar-refractivity contribution in [2.24, 2.45) is 7.05 Å². The van der Waals surface area contributed by atoms with Crippen molar-refractivity contribution in [3.05, 3.63) is 59.3 Å². The first kappa shape index (κ1) is 21.6. The van der Waals surface area contributed by atoms with Gasteiger partial charge in [-0.1, -0.05) is 31.0 Å². The summed E-state index contributed by atoms with van der Waals surface area (Å²) in [7, 11) is 3.58. The molecule has 3 atom stereocenters. The van der Waals surface area contributed by atoms with E-state index in [-0.39, 0.29) is 23.9 Å². The van der Waals surface area contributed by atoms with Crippen LogP contribution in [0.2, 0.25) is 0 Å². The van der Waals surface area contributed by atoms with Gasteiger partial charge >= 0.3 is 0 Å². The Bertz CT molecular complexity index is 1090. The van der Waals surface area contributed by atoms with E-state index in [4.69, 9.17) is 4.74 Å². The minimum absolute atomic E-state index is 0.0148. The molecule has 8 nitrogen and oxygen atoms in total. The number of imidazole rings is 1. The molecule has 0 bridgehead atoms. The molecule has 3 aliphatic rings. The van der Waals surface area contributed by atoms with Crippen LogP contribution in [-0.4, -0.2) is 52.0 Å². The lowest BCUT2D eigenvalue weighted by Crippen LogP contribution is -2.53. The maximum atomic E-state index is 14.0. The molecule has 3 heterocycles. The van der Waals surface area contributed by atoms with Crippen LogP contribution in [0.3, 0.4) is 0 Å². The standard InChI is InChI=1S/C25H31N5O3/c1-29-14-13-26-21(29)11-12-22(31)30-19-9-5-4-8-17(19)28-18-15-27-25(32)23(18)24(30)16-7-3-6-10-20(16)33-2/h3,6-7,10,13-14,17,19,24,28H,4-5,8-9,11-12,15H2,1-2H3,(H,27,32)/t17-,19-,24-/m1/s1. The lowest BCUT2D eigenvalue weighted by atomic mass is 9.87. The van der Waals surface area contributed by atoms with Gasteiger partial charge in [0.1, 0.15) is 11.6 Å². The minimum Gasteiger partial charge on any atom is -0.496 e. The predicted octanol–water partition coefficient (Wildman–Crippen LogP) is 2.23. The average Bonchev–Trinajstić information content (AvgIpc) is 3.36. The second kappa shape index (κ2) is 8.92. The van der Waals surface area contributed by atoms with Crippen molar-refractivity contribution < 1.29 is 14.3 Å². The summed E-state index contributed by atoms with van der Waals surface area (Å²) in [4.78, 5) is 33.4. The zero-order chi connectivity index (χ0) is 22.9. The molecule has 2 aliphatic heterocycles. The van der Waals surface area contributed by atoms with Crippen LogP contribution in [0.25, 0.3) is 0 Å². The molecular weight excluding hydrogens is 418 g/mol. The molecule has 0 unspecified atom stereocenters. The van der Waals surface area contributed by atoms with Crippen LogP contribution in [0.4, 0.5) is 0 Å². The highest BCUT2D eigenvalue weighted by Gasteiger charge is 2.46. The van der Waals surface area contributed by atoms with Gasteiger partial charge in [-0.25, -0.2) is 4.98 Å². The highest BCUT2D eigenvalue weighted by molar-refractivity contribution is 5.99. The number of nitrogens with one attached hydrogen (secondary N) is 2.